The topological polar surface area (TPSA) is 122 Å². The lowest BCUT2D eigenvalue weighted by atomic mass is 10.1. The molecular weight excluding hydrogens is 591 g/mol. The summed E-state index contributed by atoms with van der Waals surface area (Å²) in [5.74, 6) is -2.21. The minimum atomic E-state index is -4.09. The van der Waals surface area contributed by atoms with Gasteiger partial charge in [0.25, 0.3) is 0 Å². The van der Waals surface area contributed by atoms with Gasteiger partial charge in [-0.15, -0.1) is 0 Å². The normalized spacial score (nSPS) is 12.1. The maximum Gasteiger partial charge on any atom is 0.359 e. The van der Waals surface area contributed by atoms with Gasteiger partial charge in [0.2, 0.25) is 5.88 Å². The number of carbonyl (C=O) groups is 1. The Hall–Kier alpha value is -3.39. The third-order valence-electron chi connectivity index (χ3n) is 6.24. The first kappa shape index (κ1) is 30.6. The second kappa shape index (κ2) is 12.2. The van der Waals surface area contributed by atoms with E-state index in [0.717, 1.165) is 6.04 Å². The molecule has 0 bridgehead atoms. The lowest BCUT2D eigenvalue weighted by Crippen LogP contribution is -2.22. The molecular formula is C27H30ClFN4O6SSi. The molecule has 0 aliphatic rings. The van der Waals surface area contributed by atoms with Gasteiger partial charge in [-0.05, 0) is 24.2 Å². The Kier molecular flexibility index (Phi) is 9.12. The highest BCUT2D eigenvalue weighted by atomic mass is 35.5. The van der Waals surface area contributed by atoms with E-state index < -0.39 is 35.5 Å². The SMILES string of the molecule is COC(=O)c1nn(COCC[Si](C)(C)C)c2cc(-c3cccc(CS(=O)(=O)c4cc(Cl)cnc4OC)c3F)ncc12. The van der Waals surface area contributed by atoms with Gasteiger partial charge < -0.3 is 14.2 Å². The van der Waals surface area contributed by atoms with Crippen LogP contribution in [0, 0.1) is 5.82 Å². The molecule has 3 heterocycles. The summed E-state index contributed by atoms with van der Waals surface area (Å²) in [5.41, 5.74) is 0.749. The highest BCUT2D eigenvalue weighted by molar-refractivity contribution is 7.90. The fraction of sp³-hybridized carbons (Fsp3) is 0.333. The number of methoxy groups -OCH3 is 2. The van der Waals surface area contributed by atoms with Crippen molar-refractivity contribution in [3.05, 3.63) is 64.8 Å². The predicted octanol–water partition coefficient (Wildman–Crippen LogP) is 5.37. The van der Waals surface area contributed by atoms with Crippen molar-refractivity contribution in [2.24, 2.45) is 0 Å². The van der Waals surface area contributed by atoms with Gasteiger partial charge >= 0.3 is 5.97 Å². The van der Waals surface area contributed by atoms with Gasteiger partial charge in [0.15, 0.2) is 15.5 Å². The maximum atomic E-state index is 15.8. The van der Waals surface area contributed by atoms with Crippen molar-refractivity contribution in [3.8, 4) is 17.1 Å². The van der Waals surface area contributed by atoms with E-state index in [1.54, 1.807) is 12.1 Å². The van der Waals surface area contributed by atoms with Crippen LogP contribution >= 0.6 is 11.6 Å². The van der Waals surface area contributed by atoms with E-state index in [1.807, 2.05) is 0 Å². The highest BCUT2D eigenvalue weighted by Gasteiger charge is 2.25. The number of fused-ring (bicyclic) bond motifs is 1. The Labute approximate surface area is 243 Å². The van der Waals surface area contributed by atoms with E-state index in [-0.39, 0.29) is 45.0 Å². The van der Waals surface area contributed by atoms with Crippen LogP contribution in [0.4, 0.5) is 4.39 Å². The van der Waals surface area contributed by atoms with Gasteiger partial charge in [0, 0.05) is 38.2 Å². The number of hydrogen-bond acceptors (Lipinski definition) is 9. The van der Waals surface area contributed by atoms with E-state index in [0.29, 0.717) is 17.5 Å². The van der Waals surface area contributed by atoms with Gasteiger partial charge in [-0.25, -0.2) is 27.3 Å². The number of benzene rings is 1. The smallest absolute Gasteiger partial charge is 0.359 e. The monoisotopic (exact) mass is 620 g/mol. The summed E-state index contributed by atoms with van der Waals surface area (Å²) in [6.45, 7) is 7.31. The van der Waals surface area contributed by atoms with Crippen molar-refractivity contribution in [3.63, 3.8) is 0 Å². The largest absolute Gasteiger partial charge is 0.480 e. The van der Waals surface area contributed by atoms with Crippen molar-refractivity contribution in [2.45, 2.75) is 43.1 Å². The quantitative estimate of drug-likeness (QED) is 0.124. The molecule has 0 unspecified atom stereocenters. The zero-order valence-electron chi connectivity index (χ0n) is 23.3. The molecule has 4 aromatic rings. The van der Waals surface area contributed by atoms with Gasteiger partial charge in [0.1, 0.15) is 17.4 Å². The third kappa shape index (κ3) is 6.92. The second-order valence-electron chi connectivity index (χ2n) is 10.5. The van der Waals surface area contributed by atoms with E-state index >= 15 is 4.39 Å². The number of halogens is 2. The fourth-order valence-corrected chi connectivity index (χ4v) is 6.52. The Morgan fingerprint density at radius 3 is 2.56 bits per heavy atom. The molecule has 218 valence electrons. The maximum absolute atomic E-state index is 15.8. The van der Waals surface area contributed by atoms with Crippen LogP contribution in [0.2, 0.25) is 30.7 Å². The number of pyridine rings is 2. The number of esters is 1. The minimum absolute atomic E-state index is 0.0553. The number of hydrogen-bond donors (Lipinski definition) is 0. The van der Waals surface area contributed by atoms with Crippen LogP contribution < -0.4 is 4.74 Å². The molecule has 0 spiro atoms. The zero-order valence-corrected chi connectivity index (χ0v) is 25.8. The third-order valence-corrected chi connectivity index (χ3v) is 9.80. The summed E-state index contributed by atoms with van der Waals surface area (Å²) < 4.78 is 59.5. The number of nitrogens with zero attached hydrogens (tertiary/aromatic N) is 4. The molecule has 14 heteroatoms. The van der Waals surface area contributed by atoms with E-state index in [4.69, 9.17) is 25.8 Å². The van der Waals surface area contributed by atoms with Crippen LogP contribution in [-0.2, 0) is 31.8 Å². The summed E-state index contributed by atoms with van der Waals surface area (Å²) in [6, 6.07) is 8.15. The van der Waals surface area contributed by atoms with Gasteiger partial charge in [0.05, 0.1) is 41.6 Å². The lowest BCUT2D eigenvalue weighted by molar-refractivity contribution is 0.0585. The summed E-state index contributed by atoms with van der Waals surface area (Å²) in [5, 5.41) is 4.87. The molecule has 0 aliphatic carbocycles. The Balaban J connectivity index is 1.71. The molecule has 10 nitrogen and oxygen atoms in total. The van der Waals surface area contributed by atoms with E-state index in [2.05, 4.69) is 34.7 Å². The number of sulfone groups is 1. The molecule has 0 fully saturated rings. The van der Waals surface area contributed by atoms with Crippen LogP contribution in [0.3, 0.4) is 0 Å². The van der Waals surface area contributed by atoms with Crippen LogP contribution in [0.15, 0.2) is 47.6 Å². The van der Waals surface area contributed by atoms with Crippen LogP contribution in [0.5, 0.6) is 5.88 Å². The standard InChI is InChI=1S/C27H30ClFN4O6SSi/c1-37-26-23(11-18(28)13-31-26)40(35,36)15-17-7-6-8-19(24(17)29)21-12-22-20(14-30-21)25(27(34)38-2)32-33(22)16-39-9-10-41(3,4)5/h6-8,11-14H,9-10,15-16H2,1-5H3. The van der Waals surface area contributed by atoms with Crippen LogP contribution in [0.25, 0.3) is 22.2 Å². The summed E-state index contributed by atoms with van der Waals surface area (Å²) in [4.78, 5) is 20.4. The number of carbonyl (C=O) groups excluding carboxylic acids is 1. The lowest BCUT2D eigenvalue weighted by Gasteiger charge is -2.15. The minimum Gasteiger partial charge on any atom is -0.480 e. The summed E-state index contributed by atoms with van der Waals surface area (Å²) in [7, 11) is -2.87. The average molecular weight is 621 g/mol. The molecule has 1 aromatic carbocycles. The van der Waals surface area contributed by atoms with Crippen molar-refractivity contribution < 1.29 is 31.8 Å². The number of rotatable bonds is 11. The Morgan fingerprint density at radius 2 is 1.88 bits per heavy atom. The average Bonchev–Trinajstić information content (AvgIpc) is 3.29. The number of ether oxygens (including phenoxy) is 3. The fourth-order valence-electron chi connectivity index (χ4n) is 4.05. The molecule has 0 aliphatic heterocycles. The Bertz CT molecular complexity index is 1710. The zero-order chi connectivity index (χ0) is 29.9. The molecule has 0 atom stereocenters. The molecule has 0 radical (unpaired) electrons. The molecule has 3 aromatic heterocycles. The first-order valence-corrected chi connectivity index (χ1v) is 18.3. The highest BCUT2D eigenvalue weighted by Crippen LogP contribution is 2.31. The molecule has 0 saturated heterocycles. The van der Waals surface area contributed by atoms with Gasteiger partial charge in [-0.1, -0.05) is 43.4 Å². The van der Waals surface area contributed by atoms with Crippen molar-refractivity contribution in [2.75, 3.05) is 20.8 Å². The van der Waals surface area contributed by atoms with E-state index in [1.165, 1.54) is 49.5 Å². The summed E-state index contributed by atoms with van der Waals surface area (Å²) >= 11 is 5.96. The van der Waals surface area contributed by atoms with Crippen LogP contribution in [-0.4, -0.2) is 63.0 Å². The first-order valence-electron chi connectivity index (χ1n) is 12.6. The second-order valence-corrected chi connectivity index (χ2v) is 18.5. The number of aromatic nitrogens is 4. The first-order chi connectivity index (χ1) is 19.3. The van der Waals surface area contributed by atoms with Crippen molar-refractivity contribution in [1.29, 1.82) is 0 Å². The molecule has 0 saturated carbocycles. The Morgan fingerprint density at radius 1 is 1.12 bits per heavy atom. The van der Waals surface area contributed by atoms with Gasteiger partial charge in [-0.3, -0.25) is 4.98 Å². The van der Waals surface area contributed by atoms with Crippen molar-refractivity contribution in [1.82, 2.24) is 19.7 Å². The molecule has 41 heavy (non-hydrogen) atoms. The molecule has 0 amide bonds. The summed E-state index contributed by atoms with van der Waals surface area (Å²) in [6.07, 6.45) is 2.67. The molecule has 0 N–H and O–H groups in total. The molecule has 4 rings (SSSR count). The predicted molar refractivity (Wildman–Crippen MR) is 155 cm³/mol. The van der Waals surface area contributed by atoms with Crippen LogP contribution in [0.1, 0.15) is 16.1 Å². The van der Waals surface area contributed by atoms with E-state index in [9.17, 15) is 13.2 Å². The van der Waals surface area contributed by atoms with Crippen molar-refractivity contribution >= 4 is 46.4 Å². The van der Waals surface area contributed by atoms with Gasteiger partial charge in [-0.2, -0.15) is 5.10 Å².